The fraction of sp³-hybridized carbons (Fsp3) is 0.190. The van der Waals surface area contributed by atoms with Crippen molar-refractivity contribution >= 4 is 17.6 Å². The lowest BCUT2D eigenvalue weighted by atomic mass is 10.2. The van der Waals surface area contributed by atoms with E-state index in [9.17, 15) is 9.59 Å². The summed E-state index contributed by atoms with van der Waals surface area (Å²) >= 11 is 0. The van der Waals surface area contributed by atoms with Gasteiger partial charge in [-0.15, -0.1) is 0 Å². The largest absolute Gasteiger partial charge is 0.465 e. The van der Waals surface area contributed by atoms with E-state index in [1.54, 1.807) is 30.5 Å². The number of hydrogen-bond acceptors (Lipinski definition) is 4. The van der Waals surface area contributed by atoms with Gasteiger partial charge >= 0.3 is 5.97 Å². The Kier molecular flexibility index (Phi) is 5.35. The number of amides is 1. The van der Waals surface area contributed by atoms with E-state index in [-0.39, 0.29) is 5.91 Å². The summed E-state index contributed by atoms with van der Waals surface area (Å²) in [7, 11) is 1.32. The molecule has 6 heteroatoms. The number of ether oxygens (including phenoxy) is 1. The maximum atomic E-state index is 12.7. The molecule has 2 aromatic heterocycles. The summed E-state index contributed by atoms with van der Waals surface area (Å²) in [6.07, 6.45) is 1.76. The van der Waals surface area contributed by atoms with Crippen LogP contribution in [0.2, 0.25) is 0 Å². The molecule has 3 aromatic rings. The maximum Gasteiger partial charge on any atom is 0.337 e. The molecule has 1 amide bonds. The van der Waals surface area contributed by atoms with Crippen LogP contribution in [0.3, 0.4) is 0 Å². The molecule has 27 heavy (non-hydrogen) atoms. The van der Waals surface area contributed by atoms with Gasteiger partial charge in [0.15, 0.2) is 0 Å². The van der Waals surface area contributed by atoms with E-state index in [0.717, 1.165) is 17.1 Å². The van der Waals surface area contributed by atoms with E-state index in [2.05, 4.69) is 14.9 Å². The normalized spacial score (nSPS) is 10.5. The van der Waals surface area contributed by atoms with E-state index >= 15 is 0 Å². The number of benzene rings is 1. The SMILES string of the molecule is COC(=O)c1cccc(NC(=O)c2cc(C)n(Cc3ccccn3)c2C)c1. The number of methoxy groups -OCH3 is 1. The summed E-state index contributed by atoms with van der Waals surface area (Å²) in [5.41, 5.74) is 4.28. The standard InChI is InChI=1S/C21H21N3O3/c1-14-11-19(15(2)24(14)13-18-8-4-5-10-22-18)20(25)23-17-9-6-7-16(12-17)21(26)27-3/h4-12H,13H2,1-3H3,(H,23,25). The van der Waals surface area contributed by atoms with Crippen molar-refractivity contribution in [3.8, 4) is 0 Å². The molecule has 0 saturated heterocycles. The van der Waals surface area contributed by atoms with Gasteiger partial charge in [-0.1, -0.05) is 12.1 Å². The molecule has 0 atom stereocenters. The zero-order valence-corrected chi connectivity index (χ0v) is 15.5. The lowest BCUT2D eigenvalue weighted by molar-refractivity contribution is 0.0600. The number of carbonyl (C=O) groups excluding carboxylic acids is 2. The molecule has 0 aliphatic rings. The highest BCUT2D eigenvalue weighted by Gasteiger charge is 2.17. The van der Waals surface area contributed by atoms with Gasteiger partial charge in [0.2, 0.25) is 0 Å². The number of esters is 1. The first-order chi connectivity index (χ1) is 13.0. The van der Waals surface area contributed by atoms with Gasteiger partial charge < -0.3 is 14.6 Å². The zero-order valence-electron chi connectivity index (χ0n) is 15.5. The first-order valence-corrected chi connectivity index (χ1v) is 8.56. The van der Waals surface area contributed by atoms with E-state index in [0.29, 0.717) is 23.4 Å². The molecule has 6 nitrogen and oxygen atoms in total. The molecule has 1 N–H and O–H groups in total. The Balaban J connectivity index is 1.82. The second-order valence-electron chi connectivity index (χ2n) is 6.22. The summed E-state index contributed by atoms with van der Waals surface area (Å²) in [6, 6.07) is 14.3. The molecule has 0 aliphatic carbocycles. The quantitative estimate of drug-likeness (QED) is 0.703. The molecule has 1 aromatic carbocycles. The van der Waals surface area contributed by atoms with E-state index in [1.807, 2.05) is 38.1 Å². The predicted octanol–water partition coefficient (Wildman–Crippen LogP) is 3.59. The average Bonchev–Trinajstić information content (AvgIpc) is 2.96. The summed E-state index contributed by atoms with van der Waals surface area (Å²) < 4.78 is 6.77. The van der Waals surface area contributed by atoms with Crippen molar-refractivity contribution in [3.05, 3.63) is 82.9 Å². The molecule has 0 radical (unpaired) electrons. The van der Waals surface area contributed by atoms with Gasteiger partial charge in [0.25, 0.3) is 5.91 Å². The number of rotatable bonds is 5. The molecule has 2 heterocycles. The second kappa shape index (κ2) is 7.86. The fourth-order valence-electron chi connectivity index (χ4n) is 2.97. The number of aryl methyl sites for hydroxylation is 1. The third kappa shape index (κ3) is 4.06. The number of pyridine rings is 1. The summed E-state index contributed by atoms with van der Waals surface area (Å²) in [5, 5.41) is 2.85. The smallest absolute Gasteiger partial charge is 0.337 e. The second-order valence-corrected chi connectivity index (χ2v) is 6.22. The minimum atomic E-state index is -0.445. The van der Waals surface area contributed by atoms with Gasteiger partial charge in [0.05, 0.1) is 30.5 Å². The van der Waals surface area contributed by atoms with Crippen molar-refractivity contribution in [2.24, 2.45) is 0 Å². The molecule has 138 valence electrons. The molecule has 0 saturated carbocycles. The Morgan fingerprint density at radius 1 is 1.11 bits per heavy atom. The topological polar surface area (TPSA) is 73.2 Å². The van der Waals surface area contributed by atoms with Gasteiger partial charge in [-0.2, -0.15) is 0 Å². The van der Waals surface area contributed by atoms with Crippen LogP contribution in [0.5, 0.6) is 0 Å². The number of hydrogen-bond donors (Lipinski definition) is 1. The summed E-state index contributed by atoms with van der Waals surface area (Å²) in [4.78, 5) is 28.7. The van der Waals surface area contributed by atoms with E-state index < -0.39 is 5.97 Å². The van der Waals surface area contributed by atoms with E-state index in [4.69, 9.17) is 4.74 Å². The first-order valence-electron chi connectivity index (χ1n) is 8.56. The van der Waals surface area contributed by atoms with Crippen LogP contribution >= 0.6 is 0 Å². The Morgan fingerprint density at radius 3 is 2.63 bits per heavy atom. The van der Waals surface area contributed by atoms with Crippen molar-refractivity contribution in [2.45, 2.75) is 20.4 Å². The number of aromatic nitrogens is 2. The highest BCUT2D eigenvalue weighted by Crippen LogP contribution is 2.19. The van der Waals surface area contributed by atoms with Crippen LogP contribution in [-0.2, 0) is 11.3 Å². The van der Waals surface area contributed by atoms with Gasteiger partial charge in [0.1, 0.15) is 0 Å². The Labute approximate surface area is 157 Å². The maximum absolute atomic E-state index is 12.7. The number of carbonyl (C=O) groups is 2. The third-order valence-electron chi connectivity index (χ3n) is 4.41. The van der Waals surface area contributed by atoms with Crippen LogP contribution in [0.15, 0.2) is 54.7 Å². The molecular weight excluding hydrogens is 342 g/mol. The van der Waals surface area contributed by atoms with Crippen LogP contribution in [-0.4, -0.2) is 28.5 Å². The van der Waals surface area contributed by atoms with Crippen molar-refractivity contribution in [3.63, 3.8) is 0 Å². The summed E-state index contributed by atoms with van der Waals surface area (Å²) in [5.74, 6) is -0.669. The fourth-order valence-corrected chi connectivity index (χ4v) is 2.97. The minimum Gasteiger partial charge on any atom is -0.465 e. The molecule has 0 aliphatic heterocycles. The molecule has 0 spiro atoms. The lowest BCUT2D eigenvalue weighted by Crippen LogP contribution is -2.14. The summed E-state index contributed by atoms with van der Waals surface area (Å²) in [6.45, 7) is 4.48. The highest BCUT2D eigenvalue weighted by molar-refractivity contribution is 6.05. The van der Waals surface area contributed by atoms with Gasteiger partial charge in [0, 0.05) is 23.3 Å². The first kappa shape index (κ1) is 18.4. The Bertz CT molecular complexity index is 978. The van der Waals surface area contributed by atoms with Crippen LogP contribution in [0, 0.1) is 13.8 Å². The van der Waals surface area contributed by atoms with E-state index in [1.165, 1.54) is 7.11 Å². The third-order valence-corrected chi connectivity index (χ3v) is 4.41. The lowest BCUT2D eigenvalue weighted by Gasteiger charge is -2.10. The van der Waals surface area contributed by atoms with Crippen molar-refractivity contribution < 1.29 is 14.3 Å². The average molecular weight is 363 g/mol. The van der Waals surface area contributed by atoms with Gasteiger partial charge in [-0.3, -0.25) is 9.78 Å². The predicted molar refractivity (Wildman–Crippen MR) is 103 cm³/mol. The van der Waals surface area contributed by atoms with Crippen molar-refractivity contribution in [2.75, 3.05) is 12.4 Å². The van der Waals surface area contributed by atoms with Crippen molar-refractivity contribution in [1.29, 1.82) is 0 Å². The molecule has 0 bridgehead atoms. The van der Waals surface area contributed by atoms with Gasteiger partial charge in [-0.25, -0.2) is 4.79 Å². The van der Waals surface area contributed by atoms with Crippen LogP contribution < -0.4 is 5.32 Å². The number of anilines is 1. The monoisotopic (exact) mass is 363 g/mol. The number of nitrogens with one attached hydrogen (secondary N) is 1. The highest BCUT2D eigenvalue weighted by atomic mass is 16.5. The minimum absolute atomic E-state index is 0.225. The number of nitrogens with zero attached hydrogens (tertiary/aromatic N) is 2. The Hall–Kier alpha value is -3.41. The van der Waals surface area contributed by atoms with Crippen LogP contribution in [0.25, 0.3) is 0 Å². The van der Waals surface area contributed by atoms with Gasteiger partial charge in [-0.05, 0) is 50.2 Å². The molecule has 3 rings (SSSR count). The molecule has 0 fully saturated rings. The molecule has 0 unspecified atom stereocenters. The zero-order chi connectivity index (χ0) is 19.4. The van der Waals surface area contributed by atoms with Crippen LogP contribution in [0.1, 0.15) is 37.8 Å². The van der Waals surface area contributed by atoms with Crippen LogP contribution in [0.4, 0.5) is 5.69 Å². The van der Waals surface area contributed by atoms with Crippen molar-refractivity contribution in [1.82, 2.24) is 9.55 Å². The molecular formula is C21H21N3O3. The Morgan fingerprint density at radius 2 is 1.93 bits per heavy atom.